The highest BCUT2D eigenvalue weighted by Gasteiger charge is 2.14. The minimum Gasteiger partial charge on any atom is -0.491 e. The van der Waals surface area contributed by atoms with E-state index in [9.17, 15) is 14.7 Å². The molecule has 3 rings (SSSR count). The fourth-order valence-corrected chi connectivity index (χ4v) is 3.12. The molecule has 4 N–H and O–H groups in total. The third kappa shape index (κ3) is 7.67. The van der Waals surface area contributed by atoms with Gasteiger partial charge in [-0.25, -0.2) is 9.59 Å². The number of carbonyl (C=O) groups excluding carboxylic acids is 2. The summed E-state index contributed by atoms with van der Waals surface area (Å²) in [5.41, 5.74) is 1.09. The first-order valence-corrected chi connectivity index (χ1v) is 10.8. The standard InChI is InChI=1S/C23H26ClN3O6/c1-2-31-22(29)21-10-15-6-7-19(12-20(15)33-21)32-14-18(28)13-25-8-9-26-23(30)27-17-5-3-4-16(24)11-17/h3-7,10-12,18,25,28H,2,8-9,13-14H2,1H3,(H2,26,27,30). The van der Waals surface area contributed by atoms with Crippen LogP contribution in [0.25, 0.3) is 11.0 Å². The molecule has 2 aromatic carbocycles. The van der Waals surface area contributed by atoms with Crippen molar-refractivity contribution in [2.24, 2.45) is 0 Å². The summed E-state index contributed by atoms with van der Waals surface area (Å²) in [6.45, 7) is 3.18. The van der Waals surface area contributed by atoms with Crippen LogP contribution in [0.2, 0.25) is 5.02 Å². The predicted molar refractivity (Wildman–Crippen MR) is 125 cm³/mol. The molecular weight excluding hydrogens is 450 g/mol. The lowest BCUT2D eigenvalue weighted by Crippen LogP contribution is -2.38. The van der Waals surface area contributed by atoms with Crippen LogP contribution in [0.5, 0.6) is 5.75 Å². The van der Waals surface area contributed by atoms with E-state index in [2.05, 4.69) is 16.0 Å². The number of furan rings is 1. The van der Waals surface area contributed by atoms with Crippen LogP contribution >= 0.6 is 11.6 Å². The van der Waals surface area contributed by atoms with Gasteiger partial charge < -0.3 is 34.9 Å². The number of ether oxygens (including phenoxy) is 2. The van der Waals surface area contributed by atoms with E-state index >= 15 is 0 Å². The van der Waals surface area contributed by atoms with E-state index in [1.165, 1.54) is 0 Å². The van der Waals surface area contributed by atoms with Gasteiger partial charge in [0.2, 0.25) is 5.76 Å². The van der Waals surface area contributed by atoms with Crippen molar-refractivity contribution in [3.63, 3.8) is 0 Å². The van der Waals surface area contributed by atoms with Crippen LogP contribution < -0.4 is 20.7 Å². The average molecular weight is 476 g/mol. The van der Waals surface area contributed by atoms with Crippen molar-refractivity contribution in [2.45, 2.75) is 13.0 Å². The number of amides is 2. The van der Waals surface area contributed by atoms with Gasteiger partial charge in [0, 0.05) is 41.8 Å². The number of esters is 1. The first-order chi connectivity index (χ1) is 15.9. The molecule has 2 amide bonds. The Bertz CT molecular complexity index is 1090. The quantitative estimate of drug-likeness (QED) is 0.247. The zero-order valence-electron chi connectivity index (χ0n) is 18.1. The number of urea groups is 1. The minimum atomic E-state index is -0.757. The Balaban J connectivity index is 1.33. The van der Waals surface area contributed by atoms with E-state index in [0.29, 0.717) is 35.1 Å². The fourth-order valence-electron chi connectivity index (χ4n) is 2.93. The number of aliphatic hydroxyl groups is 1. The van der Waals surface area contributed by atoms with Crippen molar-refractivity contribution in [1.29, 1.82) is 0 Å². The number of hydrogen-bond acceptors (Lipinski definition) is 7. The van der Waals surface area contributed by atoms with Crippen LogP contribution in [0.1, 0.15) is 17.5 Å². The van der Waals surface area contributed by atoms with Gasteiger partial charge in [-0.15, -0.1) is 0 Å². The Labute approximate surface area is 196 Å². The molecule has 0 fully saturated rings. The summed E-state index contributed by atoms with van der Waals surface area (Å²) < 4.78 is 16.0. The second-order valence-corrected chi connectivity index (χ2v) is 7.53. The van der Waals surface area contributed by atoms with Crippen molar-refractivity contribution in [1.82, 2.24) is 10.6 Å². The first kappa shape index (κ1) is 24.4. The summed E-state index contributed by atoms with van der Waals surface area (Å²) in [5.74, 6) is 0.114. The van der Waals surface area contributed by atoms with E-state index in [1.807, 2.05) is 0 Å². The highest BCUT2D eigenvalue weighted by atomic mass is 35.5. The maximum atomic E-state index is 11.8. The topological polar surface area (TPSA) is 122 Å². The van der Waals surface area contributed by atoms with Crippen LogP contribution in [0, 0.1) is 0 Å². The van der Waals surface area contributed by atoms with Gasteiger partial charge >= 0.3 is 12.0 Å². The first-order valence-electron chi connectivity index (χ1n) is 10.5. The largest absolute Gasteiger partial charge is 0.491 e. The second-order valence-electron chi connectivity index (χ2n) is 7.09. The smallest absolute Gasteiger partial charge is 0.374 e. The number of aliphatic hydroxyl groups excluding tert-OH is 1. The van der Waals surface area contributed by atoms with Crippen LogP contribution in [-0.2, 0) is 4.74 Å². The van der Waals surface area contributed by atoms with Crippen LogP contribution in [-0.4, -0.2) is 56.1 Å². The van der Waals surface area contributed by atoms with Gasteiger partial charge in [0.1, 0.15) is 24.0 Å². The number of nitrogens with one attached hydrogen (secondary N) is 3. The molecule has 0 saturated carbocycles. The molecule has 1 unspecified atom stereocenters. The van der Waals surface area contributed by atoms with Crippen molar-refractivity contribution < 1.29 is 28.6 Å². The number of rotatable bonds is 11. The van der Waals surface area contributed by atoms with Crippen LogP contribution in [0.3, 0.4) is 0 Å². The summed E-state index contributed by atoms with van der Waals surface area (Å²) in [7, 11) is 0. The summed E-state index contributed by atoms with van der Waals surface area (Å²) >= 11 is 5.88. The molecule has 0 saturated heterocycles. The molecule has 0 aliphatic heterocycles. The predicted octanol–water partition coefficient (Wildman–Crippen LogP) is 3.41. The molecule has 0 aliphatic rings. The summed E-state index contributed by atoms with van der Waals surface area (Å²) in [6, 6.07) is 13.3. The molecule has 10 heteroatoms. The van der Waals surface area contributed by atoms with Crippen molar-refractivity contribution in [3.8, 4) is 5.75 Å². The normalized spacial score (nSPS) is 11.7. The summed E-state index contributed by atoms with van der Waals surface area (Å²) in [5, 5.41) is 19.8. The van der Waals surface area contributed by atoms with E-state index in [0.717, 1.165) is 5.39 Å². The highest BCUT2D eigenvalue weighted by molar-refractivity contribution is 6.30. The monoisotopic (exact) mass is 475 g/mol. The Morgan fingerprint density at radius 1 is 1.15 bits per heavy atom. The molecule has 0 radical (unpaired) electrons. The van der Waals surface area contributed by atoms with Gasteiger partial charge in [-0.2, -0.15) is 0 Å². The maximum absolute atomic E-state index is 11.8. The molecule has 1 heterocycles. The zero-order valence-corrected chi connectivity index (χ0v) is 18.9. The van der Waals surface area contributed by atoms with E-state index < -0.39 is 12.1 Å². The molecule has 3 aromatic rings. The molecule has 33 heavy (non-hydrogen) atoms. The van der Waals surface area contributed by atoms with E-state index in [1.54, 1.807) is 55.5 Å². The second kappa shape index (κ2) is 12.1. The third-order valence-electron chi connectivity index (χ3n) is 4.46. The zero-order chi connectivity index (χ0) is 23.6. The number of halogens is 1. The Morgan fingerprint density at radius 2 is 2.00 bits per heavy atom. The number of carbonyl (C=O) groups is 2. The Kier molecular flexibility index (Phi) is 8.94. The van der Waals surface area contributed by atoms with Gasteiger partial charge in [0.15, 0.2) is 0 Å². The van der Waals surface area contributed by atoms with Gasteiger partial charge in [-0.1, -0.05) is 17.7 Å². The van der Waals surface area contributed by atoms with E-state index in [-0.39, 0.29) is 31.5 Å². The van der Waals surface area contributed by atoms with Gasteiger partial charge in [0.05, 0.1) is 6.61 Å². The van der Waals surface area contributed by atoms with Gasteiger partial charge in [0.25, 0.3) is 0 Å². The lowest BCUT2D eigenvalue weighted by atomic mass is 10.2. The number of benzene rings is 2. The average Bonchev–Trinajstić information content (AvgIpc) is 3.21. The molecule has 0 bridgehead atoms. The molecular formula is C23H26ClN3O6. The van der Waals surface area contributed by atoms with Crippen molar-refractivity contribution in [2.75, 3.05) is 38.2 Å². The van der Waals surface area contributed by atoms with Crippen molar-refractivity contribution >= 4 is 40.3 Å². The highest BCUT2D eigenvalue weighted by Crippen LogP contribution is 2.25. The molecule has 1 atom stereocenters. The maximum Gasteiger partial charge on any atom is 0.374 e. The number of hydrogen-bond donors (Lipinski definition) is 4. The fraction of sp³-hybridized carbons (Fsp3) is 0.304. The number of anilines is 1. The Morgan fingerprint density at radius 3 is 2.79 bits per heavy atom. The molecule has 1 aromatic heterocycles. The Hall–Kier alpha value is -3.27. The number of fused-ring (bicyclic) bond motifs is 1. The lowest BCUT2D eigenvalue weighted by Gasteiger charge is -2.13. The minimum absolute atomic E-state index is 0.0621. The summed E-state index contributed by atoms with van der Waals surface area (Å²) in [4.78, 5) is 23.6. The molecule has 0 spiro atoms. The van der Waals surface area contributed by atoms with Gasteiger partial charge in [-0.05, 0) is 43.3 Å². The van der Waals surface area contributed by atoms with E-state index in [4.69, 9.17) is 25.5 Å². The van der Waals surface area contributed by atoms with Crippen LogP contribution in [0.4, 0.5) is 10.5 Å². The van der Waals surface area contributed by atoms with Gasteiger partial charge in [-0.3, -0.25) is 0 Å². The molecule has 9 nitrogen and oxygen atoms in total. The third-order valence-corrected chi connectivity index (χ3v) is 4.70. The van der Waals surface area contributed by atoms with Crippen molar-refractivity contribution in [3.05, 3.63) is 59.3 Å². The summed E-state index contributed by atoms with van der Waals surface area (Å²) in [6.07, 6.45) is -0.757. The SMILES string of the molecule is CCOC(=O)c1cc2ccc(OCC(O)CNCCNC(=O)Nc3cccc(Cl)c3)cc2o1. The van der Waals surface area contributed by atoms with Crippen LogP contribution in [0.15, 0.2) is 52.9 Å². The lowest BCUT2D eigenvalue weighted by molar-refractivity contribution is 0.0492. The molecule has 0 aliphatic carbocycles. The molecule has 176 valence electrons.